The monoisotopic (exact) mass is 204 g/mol. The van der Waals surface area contributed by atoms with Gasteiger partial charge in [0.1, 0.15) is 5.84 Å². The fraction of sp³-hybridized carbons (Fsp3) is 0.615. The third-order valence-corrected chi connectivity index (χ3v) is 3.22. The Morgan fingerprint density at radius 2 is 2.13 bits per heavy atom. The number of allylic oxidation sites excluding steroid dienone is 2. The Kier molecular flexibility index (Phi) is 3.24. The molecule has 0 aromatic heterocycles. The second kappa shape index (κ2) is 4.65. The first kappa shape index (κ1) is 10.5. The first-order valence-electron chi connectivity index (χ1n) is 5.96. The van der Waals surface area contributed by atoms with Gasteiger partial charge in [0.05, 0.1) is 0 Å². The fourth-order valence-corrected chi connectivity index (χ4v) is 2.54. The van der Waals surface area contributed by atoms with Crippen molar-refractivity contribution >= 4 is 5.84 Å². The lowest BCUT2D eigenvalue weighted by molar-refractivity contribution is 0.355. The Labute approximate surface area is 92.2 Å². The van der Waals surface area contributed by atoms with Gasteiger partial charge in [0.25, 0.3) is 0 Å². The number of nitrogens with zero attached hydrogens (tertiary/aromatic N) is 1. The van der Waals surface area contributed by atoms with E-state index in [4.69, 9.17) is 0 Å². The van der Waals surface area contributed by atoms with E-state index < -0.39 is 0 Å². The standard InChI is InChI=1S/C13H20N2/c1-10-8-13(15-11(2)14-10)9-12-6-4-3-5-7-12/h8,12H,1,3-7,9H2,2H3,(H,14,15). The van der Waals surface area contributed by atoms with Gasteiger partial charge < -0.3 is 5.32 Å². The van der Waals surface area contributed by atoms with Crippen molar-refractivity contribution < 1.29 is 0 Å². The average Bonchev–Trinajstić information content (AvgIpc) is 2.17. The van der Waals surface area contributed by atoms with Crippen molar-refractivity contribution in [2.45, 2.75) is 45.4 Å². The summed E-state index contributed by atoms with van der Waals surface area (Å²) in [4.78, 5) is 4.53. The van der Waals surface area contributed by atoms with Crippen LogP contribution < -0.4 is 5.32 Å². The maximum absolute atomic E-state index is 4.53. The van der Waals surface area contributed by atoms with Gasteiger partial charge in [0.15, 0.2) is 0 Å². The van der Waals surface area contributed by atoms with Crippen LogP contribution in [0.2, 0.25) is 0 Å². The Morgan fingerprint density at radius 3 is 2.80 bits per heavy atom. The molecule has 1 aliphatic heterocycles. The number of amidine groups is 1. The lowest BCUT2D eigenvalue weighted by atomic mass is 9.86. The van der Waals surface area contributed by atoms with E-state index in [0.717, 1.165) is 23.9 Å². The Bertz CT molecular complexity index is 306. The van der Waals surface area contributed by atoms with Gasteiger partial charge in [0, 0.05) is 11.4 Å². The SMILES string of the molecule is C=C1C=C(CC2CCCCC2)N=C(C)N1. The summed E-state index contributed by atoms with van der Waals surface area (Å²) in [6.45, 7) is 5.94. The minimum Gasteiger partial charge on any atom is -0.344 e. The van der Waals surface area contributed by atoms with Gasteiger partial charge in [0.2, 0.25) is 0 Å². The lowest BCUT2D eigenvalue weighted by Gasteiger charge is -2.23. The largest absolute Gasteiger partial charge is 0.344 e. The fourth-order valence-electron chi connectivity index (χ4n) is 2.54. The van der Waals surface area contributed by atoms with Crippen molar-refractivity contribution in [3.05, 3.63) is 24.0 Å². The lowest BCUT2D eigenvalue weighted by Crippen LogP contribution is -2.22. The van der Waals surface area contributed by atoms with E-state index in [0.29, 0.717) is 0 Å². The van der Waals surface area contributed by atoms with Gasteiger partial charge in [-0.2, -0.15) is 0 Å². The molecular formula is C13H20N2. The van der Waals surface area contributed by atoms with E-state index in [2.05, 4.69) is 23.0 Å². The molecule has 1 aliphatic carbocycles. The zero-order valence-corrected chi connectivity index (χ0v) is 9.55. The summed E-state index contributed by atoms with van der Waals surface area (Å²) in [7, 11) is 0. The normalized spacial score (nSPS) is 23.1. The van der Waals surface area contributed by atoms with E-state index in [1.54, 1.807) is 0 Å². The summed E-state index contributed by atoms with van der Waals surface area (Å²) in [6.07, 6.45) is 10.2. The third kappa shape index (κ3) is 2.95. The first-order chi connectivity index (χ1) is 7.24. The molecule has 2 heteroatoms. The van der Waals surface area contributed by atoms with Crippen LogP contribution in [0.25, 0.3) is 0 Å². The summed E-state index contributed by atoms with van der Waals surface area (Å²) in [5.74, 6) is 1.83. The van der Waals surface area contributed by atoms with Crippen molar-refractivity contribution in [2.24, 2.45) is 10.9 Å². The molecule has 2 aliphatic rings. The highest BCUT2D eigenvalue weighted by Gasteiger charge is 2.16. The number of hydrogen-bond donors (Lipinski definition) is 1. The predicted octanol–water partition coefficient (Wildman–Crippen LogP) is 3.38. The van der Waals surface area contributed by atoms with Crippen LogP contribution in [0, 0.1) is 5.92 Å². The van der Waals surface area contributed by atoms with Crippen molar-refractivity contribution in [3.63, 3.8) is 0 Å². The van der Waals surface area contributed by atoms with E-state index in [9.17, 15) is 0 Å². The summed E-state index contributed by atoms with van der Waals surface area (Å²) in [5, 5.41) is 3.13. The molecule has 2 rings (SSSR count). The van der Waals surface area contributed by atoms with Crippen LogP contribution in [0.15, 0.2) is 29.0 Å². The minimum atomic E-state index is 0.854. The van der Waals surface area contributed by atoms with Crippen molar-refractivity contribution in [3.8, 4) is 0 Å². The summed E-state index contributed by atoms with van der Waals surface area (Å²) in [6, 6.07) is 0. The molecule has 0 atom stereocenters. The molecule has 1 fully saturated rings. The van der Waals surface area contributed by atoms with Crippen molar-refractivity contribution in [1.29, 1.82) is 0 Å². The maximum atomic E-state index is 4.53. The highest BCUT2D eigenvalue weighted by atomic mass is 15.0. The van der Waals surface area contributed by atoms with Gasteiger partial charge in [-0.25, -0.2) is 4.99 Å². The van der Waals surface area contributed by atoms with Crippen LogP contribution in [0.1, 0.15) is 45.4 Å². The van der Waals surface area contributed by atoms with Gasteiger partial charge in [-0.3, -0.25) is 0 Å². The number of rotatable bonds is 2. The molecule has 0 saturated heterocycles. The van der Waals surface area contributed by atoms with E-state index in [1.807, 2.05) is 6.92 Å². The molecule has 0 aromatic carbocycles. The molecule has 1 saturated carbocycles. The smallest absolute Gasteiger partial charge is 0.103 e. The minimum absolute atomic E-state index is 0.854. The number of nitrogens with one attached hydrogen (secondary N) is 1. The average molecular weight is 204 g/mol. The predicted molar refractivity (Wildman–Crippen MR) is 64.7 cm³/mol. The molecular weight excluding hydrogens is 184 g/mol. The molecule has 1 N–H and O–H groups in total. The highest BCUT2D eigenvalue weighted by molar-refractivity contribution is 5.83. The second-order valence-electron chi connectivity index (χ2n) is 4.69. The summed E-state index contributed by atoms with van der Waals surface area (Å²) < 4.78 is 0. The van der Waals surface area contributed by atoms with Crippen LogP contribution in [-0.2, 0) is 0 Å². The van der Waals surface area contributed by atoms with E-state index in [1.165, 1.54) is 37.8 Å². The molecule has 2 nitrogen and oxygen atoms in total. The third-order valence-electron chi connectivity index (χ3n) is 3.22. The van der Waals surface area contributed by atoms with Crippen LogP contribution in [0.3, 0.4) is 0 Å². The zero-order valence-electron chi connectivity index (χ0n) is 9.55. The summed E-state index contributed by atoms with van der Waals surface area (Å²) in [5.41, 5.74) is 2.19. The van der Waals surface area contributed by atoms with Crippen LogP contribution in [0.4, 0.5) is 0 Å². The molecule has 0 radical (unpaired) electrons. The van der Waals surface area contributed by atoms with E-state index in [-0.39, 0.29) is 0 Å². The first-order valence-corrected chi connectivity index (χ1v) is 5.96. The van der Waals surface area contributed by atoms with Crippen LogP contribution in [0.5, 0.6) is 0 Å². The number of hydrogen-bond acceptors (Lipinski definition) is 2. The van der Waals surface area contributed by atoms with E-state index >= 15 is 0 Å². The van der Waals surface area contributed by atoms with Gasteiger partial charge in [-0.15, -0.1) is 0 Å². The van der Waals surface area contributed by atoms with Crippen LogP contribution in [-0.4, -0.2) is 5.84 Å². The molecule has 0 bridgehead atoms. The summed E-state index contributed by atoms with van der Waals surface area (Å²) >= 11 is 0. The Hall–Kier alpha value is -1.05. The molecule has 0 spiro atoms. The number of aliphatic imine (C=N–C) groups is 1. The topological polar surface area (TPSA) is 24.4 Å². The van der Waals surface area contributed by atoms with Crippen LogP contribution >= 0.6 is 0 Å². The molecule has 0 amide bonds. The van der Waals surface area contributed by atoms with Crippen molar-refractivity contribution in [1.82, 2.24) is 5.32 Å². The van der Waals surface area contributed by atoms with Gasteiger partial charge in [-0.05, 0) is 25.3 Å². The van der Waals surface area contributed by atoms with Crippen molar-refractivity contribution in [2.75, 3.05) is 0 Å². The maximum Gasteiger partial charge on any atom is 0.103 e. The molecule has 1 heterocycles. The molecule has 15 heavy (non-hydrogen) atoms. The quantitative estimate of drug-likeness (QED) is 0.732. The Balaban J connectivity index is 1.95. The van der Waals surface area contributed by atoms with Gasteiger partial charge in [-0.1, -0.05) is 38.7 Å². The van der Waals surface area contributed by atoms with Gasteiger partial charge >= 0.3 is 0 Å². The molecule has 0 aromatic rings. The zero-order chi connectivity index (χ0) is 10.7. The molecule has 0 unspecified atom stereocenters. The second-order valence-corrected chi connectivity index (χ2v) is 4.69. The molecule has 82 valence electrons. The Morgan fingerprint density at radius 1 is 1.40 bits per heavy atom. The highest BCUT2D eigenvalue weighted by Crippen LogP contribution is 2.30.